The van der Waals surface area contributed by atoms with Crippen molar-refractivity contribution in [3.63, 3.8) is 0 Å². The van der Waals surface area contributed by atoms with Gasteiger partial charge in [-0.3, -0.25) is 4.79 Å². The van der Waals surface area contributed by atoms with Gasteiger partial charge in [0, 0.05) is 12.7 Å². The van der Waals surface area contributed by atoms with Gasteiger partial charge in [0.25, 0.3) is 11.5 Å². The molecule has 0 saturated heterocycles. The molecule has 7 heteroatoms. The maximum absolute atomic E-state index is 14.6. The maximum Gasteiger partial charge on any atom is 0.430 e. The highest BCUT2D eigenvalue weighted by Gasteiger charge is 2.63. The van der Waals surface area contributed by atoms with Crippen LogP contribution in [0.15, 0.2) is 30.3 Å². The van der Waals surface area contributed by atoms with Crippen LogP contribution in [0.1, 0.15) is 149 Å². The third kappa shape index (κ3) is 12.2. The summed E-state index contributed by atoms with van der Waals surface area (Å²) in [7, 11) is 0.914. The summed E-state index contributed by atoms with van der Waals surface area (Å²) in [4.78, 5) is 13.6. The highest BCUT2D eigenvalue weighted by atomic mass is 19.4. The quantitative estimate of drug-likeness (QED) is 0.116. The van der Waals surface area contributed by atoms with Crippen LogP contribution in [-0.2, 0) is 15.1 Å². The van der Waals surface area contributed by atoms with Gasteiger partial charge in [0.1, 0.15) is 0 Å². The van der Waals surface area contributed by atoms with Gasteiger partial charge in [-0.15, -0.1) is 0 Å². The molecule has 2 N–H and O–H groups in total. The molecule has 0 aromatic heterocycles. The summed E-state index contributed by atoms with van der Waals surface area (Å²) in [5.74, 6) is -1.56. The van der Waals surface area contributed by atoms with Crippen molar-refractivity contribution in [2.75, 3.05) is 7.11 Å². The molecule has 0 spiro atoms. The number of methoxy groups -OCH3 is 1. The minimum atomic E-state index is -5.00. The maximum atomic E-state index is 14.6. The first-order valence-corrected chi connectivity index (χ1v) is 16.7. The topological polar surface area (TPSA) is 58.6 Å². The van der Waals surface area contributed by atoms with E-state index >= 15 is 0 Å². The largest absolute Gasteiger partial charge is 0.430 e. The number of carbonyl (C=O) groups is 1. The SMILES string of the molecule is CCCCCCCCCCC(O)(CCCCCCCCCC)[C@@H](NC(=O)[C@](OC)(c1ccccc1)C(F)(F)F)C(C)C. The van der Waals surface area contributed by atoms with Gasteiger partial charge in [-0.1, -0.05) is 161 Å². The lowest BCUT2D eigenvalue weighted by molar-refractivity contribution is -0.266. The van der Waals surface area contributed by atoms with Crippen molar-refractivity contribution in [2.24, 2.45) is 5.92 Å². The average molecular weight is 600 g/mol. The van der Waals surface area contributed by atoms with E-state index in [1.807, 2.05) is 13.8 Å². The molecule has 0 bridgehead atoms. The fourth-order valence-electron chi connectivity index (χ4n) is 6.15. The Balaban J connectivity index is 3.09. The molecule has 1 aromatic rings. The number of aliphatic hydroxyl groups is 1. The molecule has 0 radical (unpaired) electrons. The Hall–Kier alpha value is -1.60. The lowest BCUT2D eigenvalue weighted by Crippen LogP contribution is -2.63. The van der Waals surface area contributed by atoms with Crippen LogP contribution in [0.4, 0.5) is 13.2 Å². The zero-order chi connectivity index (χ0) is 31.5. The van der Waals surface area contributed by atoms with E-state index in [-0.39, 0.29) is 11.5 Å². The number of nitrogens with one attached hydrogen (secondary N) is 1. The van der Waals surface area contributed by atoms with Crippen molar-refractivity contribution >= 4 is 5.91 Å². The van der Waals surface area contributed by atoms with Crippen LogP contribution >= 0.6 is 0 Å². The lowest BCUT2D eigenvalue weighted by Gasteiger charge is -2.42. The van der Waals surface area contributed by atoms with E-state index in [1.165, 1.54) is 75.6 Å². The van der Waals surface area contributed by atoms with Gasteiger partial charge >= 0.3 is 6.18 Å². The van der Waals surface area contributed by atoms with Crippen molar-refractivity contribution in [2.45, 2.75) is 167 Å². The summed E-state index contributed by atoms with van der Waals surface area (Å²) in [5.41, 5.74) is -4.76. The second-order valence-corrected chi connectivity index (χ2v) is 12.5. The molecule has 0 fully saturated rings. The van der Waals surface area contributed by atoms with Gasteiger partial charge in [-0.2, -0.15) is 13.2 Å². The lowest BCUT2D eigenvalue weighted by atomic mass is 9.77. The molecule has 0 aliphatic carbocycles. The molecule has 1 amide bonds. The number of hydrogen-bond acceptors (Lipinski definition) is 3. The number of amides is 1. The molecule has 4 nitrogen and oxygen atoms in total. The zero-order valence-corrected chi connectivity index (χ0v) is 27.2. The molecule has 0 aliphatic rings. The summed E-state index contributed by atoms with van der Waals surface area (Å²) in [6.45, 7) is 8.09. The van der Waals surface area contributed by atoms with Gasteiger partial charge in [0.05, 0.1) is 11.6 Å². The molecule has 0 saturated carbocycles. The van der Waals surface area contributed by atoms with E-state index in [0.717, 1.165) is 58.5 Å². The first kappa shape index (κ1) is 38.4. The Morgan fingerprint density at radius 3 is 1.52 bits per heavy atom. The Morgan fingerprint density at radius 2 is 1.17 bits per heavy atom. The van der Waals surface area contributed by atoms with E-state index in [9.17, 15) is 23.1 Å². The molecule has 42 heavy (non-hydrogen) atoms. The summed E-state index contributed by atoms with van der Waals surface area (Å²) in [6.07, 6.45) is 13.6. The van der Waals surface area contributed by atoms with Crippen LogP contribution in [0, 0.1) is 5.92 Å². The fourth-order valence-corrected chi connectivity index (χ4v) is 6.15. The number of carbonyl (C=O) groups excluding carboxylic acids is 1. The van der Waals surface area contributed by atoms with E-state index in [4.69, 9.17) is 4.74 Å². The normalized spacial score (nSPS) is 14.6. The third-order valence-electron chi connectivity index (χ3n) is 8.66. The summed E-state index contributed by atoms with van der Waals surface area (Å²) < 4.78 is 48.9. The third-order valence-corrected chi connectivity index (χ3v) is 8.66. The number of unbranched alkanes of at least 4 members (excludes halogenated alkanes) is 14. The molecule has 1 rings (SSSR count). The van der Waals surface area contributed by atoms with Crippen molar-refractivity contribution < 1.29 is 27.8 Å². The zero-order valence-electron chi connectivity index (χ0n) is 27.2. The Bertz CT molecular complexity index is 811. The highest BCUT2D eigenvalue weighted by molar-refractivity contribution is 5.88. The minimum absolute atomic E-state index is 0.277. The van der Waals surface area contributed by atoms with E-state index in [0.29, 0.717) is 12.8 Å². The van der Waals surface area contributed by atoms with Crippen molar-refractivity contribution in [3.05, 3.63) is 35.9 Å². The molecular weight excluding hydrogens is 539 g/mol. The van der Waals surface area contributed by atoms with E-state index in [2.05, 4.69) is 19.2 Å². The molecule has 1 aromatic carbocycles. The van der Waals surface area contributed by atoms with Crippen LogP contribution in [0.2, 0.25) is 0 Å². The van der Waals surface area contributed by atoms with Crippen molar-refractivity contribution in [3.8, 4) is 0 Å². The molecule has 0 heterocycles. The van der Waals surface area contributed by atoms with Gasteiger partial charge in [-0.25, -0.2) is 0 Å². The summed E-state index contributed by atoms with van der Waals surface area (Å²) in [5, 5.41) is 14.8. The van der Waals surface area contributed by atoms with Gasteiger partial charge < -0.3 is 15.2 Å². The number of alkyl halides is 3. The first-order valence-electron chi connectivity index (χ1n) is 16.7. The van der Waals surface area contributed by atoms with Crippen molar-refractivity contribution in [1.82, 2.24) is 5.32 Å². The predicted molar refractivity (Wildman–Crippen MR) is 167 cm³/mol. The van der Waals surface area contributed by atoms with Crippen LogP contribution < -0.4 is 5.32 Å². The van der Waals surface area contributed by atoms with Crippen LogP contribution in [-0.4, -0.2) is 35.9 Å². The molecule has 2 atom stereocenters. The van der Waals surface area contributed by atoms with Gasteiger partial charge in [0.2, 0.25) is 0 Å². The van der Waals surface area contributed by atoms with Crippen LogP contribution in [0.5, 0.6) is 0 Å². The summed E-state index contributed by atoms with van der Waals surface area (Å²) in [6, 6.07) is 6.19. The van der Waals surface area contributed by atoms with Crippen LogP contribution in [0.25, 0.3) is 0 Å². The number of hydrogen-bond donors (Lipinski definition) is 2. The highest BCUT2D eigenvalue weighted by Crippen LogP contribution is 2.43. The predicted octanol–water partition coefficient (Wildman–Crippen LogP) is 10.0. The molecule has 0 aliphatic heterocycles. The Morgan fingerprint density at radius 1 is 0.762 bits per heavy atom. The van der Waals surface area contributed by atoms with Crippen molar-refractivity contribution in [1.29, 1.82) is 0 Å². The number of halogens is 3. The molecular formula is C35H60F3NO3. The average Bonchev–Trinajstić information content (AvgIpc) is 2.95. The van der Waals surface area contributed by atoms with E-state index in [1.54, 1.807) is 6.07 Å². The second-order valence-electron chi connectivity index (χ2n) is 12.5. The molecule has 244 valence electrons. The Labute approximate surface area is 254 Å². The van der Waals surface area contributed by atoms with Crippen LogP contribution in [0.3, 0.4) is 0 Å². The first-order chi connectivity index (χ1) is 20.0. The monoisotopic (exact) mass is 599 g/mol. The summed E-state index contributed by atoms with van der Waals surface area (Å²) >= 11 is 0. The van der Waals surface area contributed by atoms with Gasteiger partial charge in [0.15, 0.2) is 0 Å². The smallest absolute Gasteiger partial charge is 0.388 e. The number of benzene rings is 1. The van der Waals surface area contributed by atoms with E-state index < -0.39 is 29.3 Å². The van der Waals surface area contributed by atoms with Gasteiger partial charge in [-0.05, 0) is 18.8 Å². The number of rotatable bonds is 24. The standard InChI is InChI=1S/C35H60F3NO3/c1-6-8-10-12-14-16-18-23-27-33(41,28-24-19-17-15-13-11-9-7-2)31(29(3)4)39-32(40)34(42-5,35(36,37)38)30-25-21-20-22-26-30/h20-22,25-26,29,31,41H,6-19,23-24,27-28H2,1-5H3,(H,39,40)/t31-,34+/m0/s1. The molecule has 0 unspecified atom stereocenters. The fraction of sp³-hybridized carbons (Fsp3) is 0.800. The Kier molecular flexibility index (Phi) is 18.6. The second kappa shape index (κ2) is 20.4. The minimum Gasteiger partial charge on any atom is -0.388 e. The number of ether oxygens (including phenoxy) is 1.